The summed E-state index contributed by atoms with van der Waals surface area (Å²) in [4.78, 5) is 13.8. The van der Waals surface area contributed by atoms with Gasteiger partial charge in [-0.2, -0.15) is 0 Å². The normalized spacial score (nSPS) is 14.3. The van der Waals surface area contributed by atoms with E-state index in [1.54, 1.807) is 30.5 Å². The fraction of sp³-hybridized carbons (Fsp3) is 0.267. The summed E-state index contributed by atoms with van der Waals surface area (Å²) in [7, 11) is 0. The van der Waals surface area contributed by atoms with Gasteiger partial charge in [0.05, 0.1) is 11.3 Å². The summed E-state index contributed by atoms with van der Waals surface area (Å²) in [6.07, 6.45) is 0.554. The first-order chi connectivity index (χ1) is 26.7. The van der Waals surface area contributed by atoms with Crippen molar-refractivity contribution < 1.29 is 34.1 Å². The van der Waals surface area contributed by atoms with E-state index in [0.29, 0.717) is 44.9 Å². The van der Waals surface area contributed by atoms with Gasteiger partial charge in [0.25, 0.3) is 0 Å². The molecule has 0 saturated heterocycles. The molecule has 51 heavy (non-hydrogen) atoms. The molecule has 6 heteroatoms. The second-order valence-corrected chi connectivity index (χ2v) is 24.6. The van der Waals surface area contributed by atoms with Gasteiger partial charge in [0.15, 0.2) is 0 Å². The zero-order valence-electron chi connectivity index (χ0n) is 37.1. The summed E-state index contributed by atoms with van der Waals surface area (Å²) in [5.41, 5.74) is 7.27. The molecule has 0 saturated carbocycles. The van der Waals surface area contributed by atoms with Gasteiger partial charge in [-0.15, -0.1) is 18.2 Å². The quantitative estimate of drug-likeness (QED) is 0.113. The minimum absolute atomic E-state index is 0. The Hall–Kier alpha value is -3.90. The van der Waals surface area contributed by atoms with E-state index in [0.717, 1.165) is 26.4 Å². The predicted molar refractivity (Wildman–Crippen MR) is 212 cm³/mol. The Morgan fingerprint density at radius 2 is 1.59 bits per heavy atom. The van der Waals surface area contributed by atoms with Crippen LogP contribution in [0.25, 0.3) is 55.8 Å². The molecule has 4 aromatic heterocycles. The Kier molecular flexibility index (Phi) is 9.67. The van der Waals surface area contributed by atoms with Gasteiger partial charge in [0.2, 0.25) is 5.71 Å². The number of aromatic nitrogens is 3. The first kappa shape index (κ1) is 29.7. The molecule has 0 N–H and O–H groups in total. The third-order valence-electron chi connectivity index (χ3n) is 8.08. The molecular weight excluding hydrogens is 863 g/mol. The fourth-order valence-corrected chi connectivity index (χ4v) is 8.73. The summed E-state index contributed by atoms with van der Waals surface area (Å²) >= 11 is -2.32. The number of nitrogens with zero attached hydrogens (tertiary/aromatic N) is 3. The molecule has 0 spiro atoms. The maximum absolute atomic E-state index is 8.60. The molecule has 0 atom stereocenters. The standard InChI is InChI=1S/C26H21N2O.C19H26GeN.Ir/c1-17(2)15-18-13-14-27-24(16-18)22-10-6-9-20-21-11-12-23(19-7-4-3-5-8-19)28-26(21)29-25(20)22;1-14(2)11-17-12-19(16-9-7-15(3)8-10-16)21-13-18(17)20(4,5)6;/h3-9,11-14,16-17H,15H2,1-2H3;7-9,12-14H,11H2,1-6H3;/q2*-1;/i15D2;3D3,11D2;. The molecule has 7 aromatic rings. The van der Waals surface area contributed by atoms with E-state index in [9.17, 15) is 0 Å². The molecule has 0 bridgehead atoms. The van der Waals surface area contributed by atoms with Crippen LogP contribution >= 0.6 is 0 Å². The van der Waals surface area contributed by atoms with Crippen molar-refractivity contribution in [3.05, 3.63) is 132 Å². The first-order valence-electron chi connectivity index (χ1n) is 20.5. The maximum atomic E-state index is 8.60. The number of furan rings is 1. The van der Waals surface area contributed by atoms with Crippen LogP contribution in [0, 0.1) is 30.8 Å². The number of hydrogen-bond acceptors (Lipinski definition) is 4. The Morgan fingerprint density at radius 1 is 0.804 bits per heavy atom. The molecule has 0 aliphatic carbocycles. The molecule has 1 radical (unpaired) electrons. The molecule has 3 aromatic carbocycles. The van der Waals surface area contributed by atoms with Crippen LogP contribution in [0.1, 0.15) is 54.0 Å². The van der Waals surface area contributed by atoms with Gasteiger partial charge >= 0.3 is 139 Å². The summed E-state index contributed by atoms with van der Waals surface area (Å²) < 4.78 is 63.7. The van der Waals surface area contributed by atoms with Crippen molar-refractivity contribution in [1.29, 1.82) is 0 Å². The average molecular weight is 918 g/mol. The average Bonchev–Trinajstić information content (AvgIpc) is 3.56. The van der Waals surface area contributed by atoms with Crippen molar-refractivity contribution in [1.82, 2.24) is 15.0 Å². The minimum atomic E-state index is -2.32. The van der Waals surface area contributed by atoms with Crippen LogP contribution in [-0.4, -0.2) is 28.2 Å². The van der Waals surface area contributed by atoms with Crippen molar-refractivity contribution in [3.8, 4) is 33.8 Å². The third kappa shape index (κ3) is 9.32. The molecule has 0 aliphatic rings. The molecule has 0 unspecified atom stereocenters. The van der Waals surface area contributed by atoms with E-state index < -0.39 is 32.9 Å². The first-order valence-corrected chi connectivity index (χ1v) is 24.3. The van der Waals surface area contributed by atoms with E-state index in [2.05, 4.69) is 39.4 Å². The van der Waals surface area contributed by atoms with Crippen LogP contribution in [0.4, 0.5) is 0 Å². The van der Waals surface area contributed by atoms with Crippen molar-refractivity contribution >= 4 is 39.7 Å². The number of aryl methyl sites for hydroxylation is 1. The summed E-state index contributed by atoms with van der Waals surface area (Å²) in [5.74, 6) is 6.37. The Labute approximate surface area is 329 Å². The van der Waals surface area contributed by atoms with E-state index in [1.807, 2.05) is 94.6 Å². The van der Waals surface area contributed by atoms with Gasteiger partial charge < -0.3 is 9.40 Å². The molecule has 263 valence electrons. The fourth-order valence-electron chi connectivity index (χ4n) is 5.79. The number of rotatable bonds is 8. The number of pyridine rings is 3. The largest absolute Gasteiger partial charge is 0.486 e. The summed E-state index contributed by atoms with van der Waals surface area (Å²) in [5, 5.41) is 1.87. The predicted octanol–water partition coefficient (Wildman–Crippen LogP) is 11.3. The van der Waals surface area contributed by atoms with Gasteiger partial charge in [-0.3, -0.25) is 0 Å². The van der Waals surface area contributed by atoms with Crippen LogP contribution in [0.15, 0.2) is 108 Å². The summed E-state index contributed by atoms with van der Waals surface area (Å²) in [6, 6.07) is 34.1. The molecule has 4 heterocycles. The van der Waals surface area contributed by atoms with E-state index in [1.165, 1.54) is 6.07 Å². The SMILES string of the molecule is [2H]C([2H])([2H])c1c[c-]c(-c2cc(C([2H])([2H])C(C)C)[c]([Ge]([CH3])([CH3])[CH3])cn2)cc1.[2H]C([2H])(c1ccnc(-c2[c-]ccc3c2oc2nc(-c4ccccc4)ccc23)c1)C(C)C.[Ir]. The Morgan fingerprint density at radius 3 is 2.27 bits per heavy atom. The van der Waals surface area contributed by atoms with Crippen molar-refractivity contribution in [2.75, 3.05) is 0 Å². The topological polar surface area (TPSA) is 51.8 Å². The smallest absolute Gasteiger partial charge is 0.216 e. The van der Waals surface area contributed by atoms with Crippen molar-refractivity contribution in [2.45, 2.75) is 64.6 Å². The van der Waals surface area contributed by atoms with Crippen LogP contribution in [0.3, 0.4) is 0 Å². The van der Waals surface area contributed by atoms with Gasteiger partial charge in [0, 0.05) is 40.0 Å². The van der Waals surface area contributed by atoms with Crippen LogP contribution in [-0.2, 0) is 32.9 Å². The Bertz CT molecular complexity index is 2510. The van der Waals surface area contributed by atoms with Crippen molar-refractivity contribution in [3.63, 3.8) is 0 Å². The monoisotopic (exact) mass is 919 g/mol. The second-order valence-electron chi connectivity index (χ2n) is 14.0. The molecule has 7 rings (SSSR count). The van der Waals surface area contributed by atoms with Gasteiger partial charge in [-0.1, -0.05) is 66.8 Å². The number of fused-ring (bicyclic) bond motifs is 3. The Balaban J connectivity index is 0.000000221. The van der Waals surface area contributed by atoms with Gasteiger partial charge in [0.1, 0.15) is 0 Å². The molecular formula is C45H47GeIrN3O-2. The maximum Gasteiger partial charge on any atom is 0.216 e. The number of hydrogen-bond donors (Lipinski definition) is 0. The van der Waals surface area contributed by atoms with Crippen LogP contribution in [0.5, 0.6) is 0 Å². The molecule has 4 nitrogen and oxygen atoms in total. The number of benzene rings is 3. The van der Waals surface area contributed by atoms with E-state index in [-0.39, 0.29) is 37.5 Å². The van der Waals surface area contributed by atoms with Crippen LogP contribution < -0.4 is 4.40 Å². The molecule has 0 fully saturated rings. The van der Waals surface area contributed by atoms with E-state index >= 15 is 0 Å². The minimum Gasteiger partial charge on any atom is -0.486 e. The van der Waals surface area contributed by atoms with E-state index in [4.69, 9.17) is 19.0 Å². The van der Waals surface area contributed by atoms with Crippen molar-refractivity contribution in [2.24, 2.45) is 11.8 Å². The zero-order valence-corrected chi connectivity index (χ0v) is 34.5. The molecule has 0 aliphatic heterocycles. The van der Waals surface area contributed by atoms with Crippen LogP contribution in [0.2, 0.25) is 17.3 Å². The van der Waals surface area contributed by atoms with Gasteiger partial charge in [-0.05, 0) is 36.2 Å². The summed E-state index contributed by atoms with van der Waals surface area (Å²) in [6.45, 7) is 5.37. The molecule has 0 amide bonds. The second kappa shape index (κ2) is 16.6. The van der Waals surface area contributed by atoms with Gasteiger partial charge in [-0.25, -0.2) is 4.98 Å². The zero-order chi connectivity index (χ0) is 41.5. The third-order valence-corrected chi connectivity index (χ3v) is 12.3.